The van der Waals surface area contributed by atoms with Gasteiger partial charge in [-0.2, -0.15) is 0 Å². The van der Waals surface area contributed by atoms with Crippen LogP contribution in [0, 0.1) is 0 Å². The molecule has 4 aromatic heterocycles. The average molecular weight is 721 g/mol. The Hall–Kier alpha value is -5.66. The van der Waals surface area contributed by atoms with Crippen molar-refractivity contribution in [3.8, 4) is 43.6 Å². The fourth-order valence-corrected chi connectivity index (χ4v) is 11.0. The second kappa shape index (κ2) is 12.0. The van der Waals surface area contributed by atoms with Crippen LogP contribution in [0.2, 0.25) is 0 Å². The average Bonchev–Trinajstić information content (AvgIpc) is 4.00. The third-order valence-electron chi connectivity index (χ3n) is 9.95. The summed E-state index contributed by atoms with van der Waals surface area (Å²) in [4.78, 5) is 12.7. The topological polar surface area (TPSA) is 41.8 Å². The van der Waals surface area contributed by atoms with Crippen LogP contribution in [0.4, 0.5) is 0 Å². The lowest BCUT2D eigenvalue weighted by Gasteiger charge is -2.27. The van der Waals surface area contributed by atoms with Crippen LogP contribution in [0.15, 0.2) is 161 Å². The maximum absolute atomic E-state index is 6.78. The van der Waals surface area contributed by atoms with Gasteiger partial charge in [0.15, 0.2) is 0 Å². The van der Waals surface area contributed by atoms with E-state index in [9.17, 15) is 0 Å². The number of benzene rings is 6. The maximum atomic E-state index is 6.78. The van der Waals surface area contributed by atoms with Crippen LogP contribution >= 0.6 is 34.4 Å². The van der Waals surface area contributed by atoms with Crippen molar-refractivity contribution in [2.24, 2.45) is 0 Å². The number of imidazole rings is 1. The van der Waals surface area contributed by atoms with Gasteiger partial charge in [0.05, 0.1) is 16.3 Å². The molecule has 0 spiro atoms. The molecule has 1 unspecified atom stereocenters. The number of nitrogens with zero attached hydrogens (tertiary/aromatic N) is 1. The van der Waals surface area contributed by atoms with Gasteiger partial charge in [-0.3, -0.25) is 0 Å². The molecule has 11 rings (SSSR count). The lowest BCUT2D eigenvalue weighted by atomic mass is 9.86. The Morgan fingerprint density at radius 1 is 0.596 bits per heavy atom. The number of hydrogen-bond donors (Lipinski definition) is 1. The number of hydrogen-bond acceptors (Lipinski definition) is 5. The predicted molar refractivity (Wildman–Crippen MR) is 222 cm³/mol. The van der Waals surface area contributed by atoms with Crippen molar-refractivity contribution < 1.29 is 4.42 Å². The number of rotatable bonds is 5. The molecule has 0 radical (unpaired) electrons. The monoisotopic (exact) mass is 720 g/mol. The zero-order valence-corrected chi connectivity index (χ0v) is 30.1. The Labute approximate surface area is 311 Å². The molecule has 0 fully saturated rings. The second-order valence-electron chi connectivity index (χ2n) is 13.1. The molecule has 10 aromatic rings. The van der Waals surface area contributed by atoms with E-state index >= 15 is 0 Å². The molecule has 1 N–H and O–H groups in total. The fourth-order valence-electron chi connectivity index (χ4n) is 7.55. The molecule has 3 nitrogen and oxygen atoms in total. The summed E-state index contributed by atoms with van der Waals surface area (Å²) in [5.41, 5.74) is 9.88. The van der Waals surface area contributed by atoms with E-state index in [4.69, 9.17) is 9.40 Å². The fraction of sp³-hybridized carbons (Fsp3) is 0.0217. The van der Waals surface area contributed by atoms with Crippen LogP contribution in [0.5, 0.6) is 0 Å². The summed E-state index contributed by atoms with van der Waals surface area (Å²) < 4.78 is 9.31. The van der Waals surface area contributed by atoms with Crippen molar-refractivity contribution in [1.82, 2.24) is 9.97 Å². The molecule has 5 heterocycles. The van der Waals surface area contributed by atoms with E-state index in [1.807, 2.05) is 40.5 Å². The number of fused-ring (bicyclic) bond motifs is 5. The van der Waals surface area contributed by atoms with Gasteiger partial charge in [0.1, 0.15) is 17.2 Å². The quantitative estimate of drug-likeness (QED) is 0.192. The van der Waals surface area contributed by atoms with Gasteiger partial charge in [-0.05, 0) is 82.6 Å². The molecular weight excluding hydrogens is 693 g/mol. The minimum atomic E-state index is 0.0242. The predicted octanol–water partition coefficient (Wildman–Crippen LogP) is 14.3. The molecule has 1 aliphatic rings. The number of aromatic nitrogens is 2. The summed E-state index contributed by atoms with van der Waals surface area (Å²) in [5.74, 6) is 1.70. The van der Waals surface area contributed by atoms with Gasteiger partial charge in [-0.25, -0.2) is 4.98 Å². The third kappa shape index (κ3) is 4.90. The summed E-state index contributed by atoms with van der Waals surface area (Å²) >= 11 is 5.62. The molecule has 0 saturated carbocycles. The minimum Gasteiger partial charge on any atom is -0.456 e. The highest BCUT2D eigenvalue weighted by Gasteiger charge is 2.31. The number of furan rings is 1. The van der Waals surface area contributed by atoms with E-state index in [0.29, 0.717) is 0 Å². The molecule has 1 aliphatic heterocycles. The van der Waals surface area contributed by atoms with Crippen LogP contribution in [-0.4, -0.2) is 9.97 Å². The molecule has 0 amide bonds. The second-order valence-corrected chi connectivity index (χ2v) is 16.5. The van der Waals surface area contributed by atoms with Gasteiger partial charge in [-0.1, -0.05) is 97.1 Å². The highest BCUT2D eigenvalue weighted by Crippen LogP contribution is 2.56. The van der Waals surface area contributed by atoms with E-state index < -0.39 is 0 Å². The SMILES string of the molecule is C1=CC(c2c(-c3nc4ccccc4[nH]3)cc(-c3cc4ccccc4o3)c(-c3cc4ccccc4s3)c2-c2cc3ccccc3s2)Sc2ccccc21. The number of aromatic amines is 1. The van der Waals surface area contributed by atoms with E-state index in [2.05, 4.69) is 157 Å². The molecule has 1 atom stereocenters. The van der Waals surface area contributed by atoms with Gasteiger partial charge in [-0.15, -0.1) is 34.4 Å². The Morgan fingerprint density at radius 2 is 1.27 bits per heavy atom. The normalized spacial score (nSPS) is 14.2. The van der Waals surface area contributed by atoms with Crippen LogP contribution in [0.25, 0.3) is 91.8 Å². The van der Waals surface area contributed by atoms with Crippen molar-refractivity contribution in [2.75, 3.05) is 0 Å². The first-order valence-corrected chi connectivity index (χ1v) is 19.8. The van der Waals surface area contributed by atoms with Crippen LogP contribution in [0.1, 0.15) is 16.4 Å². The maximum Gasteiger partial charge on any atom is 0.138 e. The van der Waals surface area contributed by atoms with Crippen molar-refractivity contribution in [3.05, 3.63) is 163 Å². The largest absolute Gasteiger partial charge is 0.456 e. The molecule has 6 heteroatoms. The minimum absolute atomic E-state index is 0.0242. The first-order chi connectivity index (χ1) is 25.7. The van der Waals surface area contributed by atoms with Crippen molar-refractivity contribution in [2.45, 2.75) is 10.1 Å². The Bertz CT molecular complexity index is 2900. The van der Waals surface area contributed by atoms with Crippen LogP contribution in [0.3, 0.4) is 0 Å². The summed E-state index contributed by atoms with van der Waals surface area (Å²) in [5, 5.41) is 3.59. The Kier molecular flexibility index (Phi) is 6.90. The third-order valence-corrected chi connectivity index (χ3v) is 13.5. The number of thioether (sulfide) groups is 1. The van der Waals surface area contributed by atoms with Gasteiger partial charge >= 0.3 is 0 Å². The first-order valence-electron chi connectivity index (χ1n) is 17.3. The summed E-state index contributed by atoms with van der Waals surface area (Å²) in [6, 6.07) is 52.0. The molecular formula is C46H28N2OS3. The molecule has 246 valence electrons. The summed E-state index contributed by atoms with van der Waals surface area (Å²) in [7, 11) is 0. The first kappa shape index (κ1) is 30.0. The smallest absolute Gasteiger partial charge is 0.138 e. The summed E-state index contributed by atoms with van der Waals surface area (Å²) in [6.07, 6.45) is 4.67. The van der Waals surface area contributed by atoms with E-state index in [-0.39, 0.29) is 5.25 Å². The van der Waals surface area contributed by atoms with Crippen LogP contribution in [-0.2, 0) is 0 Å². The zero-order chi connectivity index (χ0) is 34.2. The molecule has 0 bridgehead atoms. The molecule has 6 aromatic carbocycles. The van der Waals surface area contributed by atoms with Crippen molar-refractivity contribution >= 4 is 82.7 Å². The van der Waals surface area contributed by atoms with Gasteiger partial charge in [0.25, 0.3) is 0 Å². The van der Waals surface area contributed by atoms with E-state index in [1.54, 1.807) is 0 Å². The van der Waals surface area contributed by atoms with Gasteiger partial charge < -0.3 is 9.40 Å². The lowest BCUT2D eigenvalue weighted by molar-refractivity contribution is 0.632. The Balaban J connectivity index is 1.31. The molecule has 0 saturated heterocycles. The highest BCUT2D eigenvalue weighted by atomic mass is 32.2. The number of para-hydroxylation sites is 3. The zero-order valence-electron chi connectivity index (χ0n) is 27.7. The molecule has 0 aliphatic carbocycles. The number of thiophene rings is 2. The standard InChI is InChI=1S/C46H28N2OS3/c1-7-17-35-28(12-1)23-36(49-35)31-26-32(46-47-33-15-5-6-16-34(33)48-46)44(40-22-21-27-11-2-8-18-37(27)50-40)45(42-25-30-14-4-10-20-39(30)52-42)43(31)41-24-29-13-3-9-19-38(29)51-41/h1-26,40H,(H,47,48). The number of H-pyrrole nitrogens is 1. The van der Waals surface area contributed by atoms with Crippen molar-refractivity contribution in [1.29, 1.82) is 0 Å². The van der Waals surface area contributed by atoms with E-state index in [0.717, 1.165) is 44.7 Å². The number of nitrogens with one attached hydrogen (secondary N) is 1. The van der Waals surface area contributed by atoms with E-state index in [1.165, 1.54) is 57.1 Å². The summed E-state index contributed by atoms with van der Waals surface area (Å²) in [6.45, 7) is 0. The lowest BCUT2D eigenvalue weighted by Crippen LogP contribution is -2.04. The molecule has 52 heavy (non-hydrogen) atoms. The van der Waals surface area contributed by atoms with Gasteiger partial charge in [0.2, 0.25) is 0 Å². The van der Waals surface area contributed by atoms with Gasteiger partial charge in [0, 0.05) is 51.7 Å². The van der Waals surface area contributed by atoms with Crippen LogP contribution < -0.4 is 0 Å². The highest BCUT2D eigenvalue weighted by molar-refractivity contribution is 7.99. The van der Waals surface area contributed by atoms with Crippen molar-refractivity contribution in [3.63, 3.8) is 0 Å². The Morgan fingerprint density at radius 3 is 2.04 bits per heavy atom.